The number of methoxy groups -OCH3 is 1. The minimum absolute atomic E-state index is 0.0837. The van der Waals surface area contributed by atoms with Crippen LogP contribution in [-0.2, 0) is 22.4 Å². The molecule has 1 aliphatic carbocycles. The average molecular weight is 363 g/mol. The molecule has 4 rings (SSSR count). The number of rotatable bonds is 3. The van der Waals surface area contributed by atoms with Gasteiger partial charge in [0.25, 0.3) is 0 Å². The van der Waals surface area contributed by atoms with Gasteiger partial charge in [0.15, 0.2) is 0 Å². The molecule has 6 heteroatoms. The van der Waals surface area contributed by atoms with Crippen LogP contribution < -0.4 is 5.32 Å². The Morgan fingerprint density at radius 1 is 1.22 bits per heavy atom. The Balaban J connectivity index is 1.58. The molecule has 0 fully saturated rings. The molecule has 1 N–H and O–H groups in total. The molecule has 0 saturated heterocycles. The zero-order valence-corrected chi connectivity index (χ0v) is 15.4. The van der Waals surface area contributed by atoms with Crippen LogP contribution in [-0.4, -0.2) is 28.4 Å². The van der Waals surface area contributed by atoms with Gasteiger partial charge in [0.1, 0.15) is 5.65 Å². The van der Waals surface area contributed by atoms with Crippen molar-refractivity contribution in [1.82, 2.24) is 9.38 Å². The number of aromatic nitrogens is 2. The Labute approximate surface area is 157 Å². The first-order valence-corrected chi connectivity index (χ1v) is 9.01. The van der Waals surface area contributed by atoms with E-state index >= 15 is 0 Å². The summed E-state index contributed by atoms with van der Waals surface area (Å²) in [5.74, 6) is -0.711. The predicted octanol–water partition coefficient (Wildman–Crippen LogP) is 3.17. The van der Waals surface area contributed by atoms with Crippen molar-refractivity contribution >= 4 is 23.2 Å². The number of para-hydroxylation sites is 1. The molecule has 1 unspecified atom stereocenters. The number of pyridine rings is 1. The summed E-state index contributed by atoms with van der Waals surface area (Å²) in [6, 6.07) is 10.9. The second kappa shape index (κ2) is 6.87. The number of hydrogen-bond donors (Lipinski definition) is 1. The zero-order valence-electron chi connectivity index (χ0n) is 15.4. The van der Waals surface area contributed by atoms with Crippen molar-refractivity contribution < 1.29 is 14.3 Å². The lowest BCUT2D eigenvalue weighted by Gasteiger charge is -2.22. The molecule has 138 valence electrons. The molecule has 0 spiro atoms. The summed E-state index contributed by atoms with van der Waals surface area (Å²) in [5, 5.41) is 2.91. The SMILES string of the molecule is COC(=O)c1ccccc1NC(=O)C1CCc2nc3ccc(C)cn3c2C1. The highest BCUT2D eigenvalue weighted by atomic mass is 16.5. The summed E-state index contributed by atoms with van der Waals surface area (Å²) in [5.41, 5.74) is 5.08. The van der Waals surface area contributed by atoms with Gasteiger partial charge in [-0.1, -0.05) is 18.2 Å². The quantitative estimate of drug-likeness (QED) is 0.726. The van der Waals surface area contributed by atoms with Crippen LogP contribution in [0.15, 0.2) is 42.6 Å². The van der Waals surface area contributed by atoms with Crippen LogP contribution in [0.5, 0.6) is 0 Å². The number of carbonyl (C=O) groups is 2. The van der Waals surface area contributed by atoms with Crippen LogP contribution >= 0.6 is 0 Å². The van der Waals surface area contributed by atoms with Gasteiger partial charge in [-0.3, -0.25) is 4.79 Å². The number of nitrogens with zero attached hydrogens (tertiary/aromatic N) is 2. The van der Waals surface area contributed by atoms with E-state index < -0.39 is 5.97 Å². The molecule has 0 bridgehead atoms. The van der Waals surface area contributed by atoms with Crippen molar-refractivity contribution in [1.29, 1.82) is 0 Å². The number of fused-ring (bicyclic) bond motifs is 3. The molecule has 6 nitrogen and oxygen atoms in total. The number of amides is 1. The number of hydrogen-bond acceptors (Lipinski definition) is 4. The van der Waals surface area contributed by atoms with Crippen molar-refractivity contribution in [3.8, 4) is 0 Å². The van der Waals surface area contributed by atoms with Gasteiger partial charge < -0.3 is 14.5 Å². The number of anilines is 1. The fourth-order valence-electron chi connectivity index (χ4n) is 3.65. The van der Waals surface area contributed by atoms with Gasteiger partial charge in [-0.25, -0.2) is 9.78 Å². The molecule has 2 heterocycles. The summed E-state index contributed by atoms with van der Waals surface area (Å²) < 4.78 is 6.89. The van der Waals surface area contributed by atoms with Gasteiger partial charge in [-0.2, -0.15) is 0 Å². The lowest BCUT2D eigenvalue weighted by molar-refractivity contribution is -0.120. The van der Waals surface area contributed by atoms with Crippen LogP contribution in [0.4, 0.5) is 5.69 Å². The highest BCUT2D eigenvalue weighted by Gasteiger charge is 2.28. The summed E-state index contributed by atoms with van der Waals surface area (Å²) in [7, 11) is 1.33. The summed E-state index contributed by atoms with van der Waals surface area (Å²) in [6.45, 7) is 2.04. The lowest BCUT2D eigenvalue weighted by atomic mass is 9.89. The molecule has 27 heavy (non-hydrogen) atoms. The minimum Gasteiger partial charge on any atom is -0.465 e. The van der Waals surface area contributed by atoms with Gasteiger partial charge in [-0.05, 0) is 43.5 Å². The van der Waals surface area contributed by atoms with Crippen LogP contribution in [0, 0.1) is 12.8 Å². The normalized spacial score (nSPS) is 16.0. The number of benzene rings is 1. The highest BCUT2D eigenvalue weighted by Crippen LogP contribution is 2.28. The number of imidazole rings is 1. The van der Waals surface area contributed by atoms with Gasteiger partial charge >= 0.3 is 5.97 Å². The molecule has 0 aliphatic heterocycles. The van der Waals surface area contributed by atoms with Crippen LogP contribution in [0.2, 0.25) is 0 Å². The maximum absolute atomic E-state index is 12.9. The topological polar surface area (TPSA) is 72.7 Å². The molecule has 3 aromatic rings. The standard InChI is InChI=1S/C21H21N3O3/c1-13-7-10-19-22-17-9-8-14(11-18(17)24(19)12-13)20(25)23-16-6-4-3-5-15(16)21(26)27-2/h3-7,10,12,14H,8-9,11H2,1-2H3,(H,23,25). The third-order valence-electron chi connectivity index (χ3n) is 5.08. The van der Waals surface area contributed by atoms with E-state index in [-0.39, 0.29) is 11.8 Å². The fraction of sp³-hybridized carbons (Fsp3) is 0.286. The van der Waals surface area contributed by atoms with Gasteiger partial charge in [0.2, 0.25) is 5.91 Å². The van der Waals surface area contributed by atoms with Gasteiger partial charge in [-0.15, -0.1) is 0 Å². The summed E-state index contributed by atoms with van der Waals surface area (Å²) in [4.78, 5) is 29.5. The number of carbonyl (C=O) groups excluding carboxylic acids is 2. The van der Waals surface area contributed by atoms with E-state index in [0.717, 1.165) is 35.4 Å². The Morgan fingerprint density at radius 2 is 2.04 bits per heavy atom. The first kappa shape index (κ1) is 17.3. The zero-order chi connectivity index (χ0) is 19.0. The van der Waals surface area contributed by atoms with E-state index in [4.69, 9.17) is 9.72 Å². The average Bonchev–Trinajstić information content (AvgIpc) is 3.05. The van der Waals surface area contributed by atoms with Gasteiger partial charge in [0.05, 0.1) is 24.1 Å². The lowest BCUT2D eigenvalue weighted by Crippen LogP contribution is -2.29. The Kier molecular flexibility index (Phi) is 4.39. The van der Waals surface area contributed by atoms with Crippen LogP contribution in [0.1, 0.15) is 33.7 Å². The molecule has 2 aromatic heterocycles. The predicted molar refractivity (Wildman–Crippen MR) is 102 cm³/mol. The van der Waals surface area contributed by atoms with Crippen molar-refractivity contribution in [2.45, 2.75) is 26.2 Å². The highest BCUT2D eigenvalue weighted by molar-refractivity contribution is 6.01. The maximum Gasteiger partial charge on any atom is 0.339 e. The Hall–Kier alpha value is -3.15. The fourth-order valence-corrected chi connectivity index (χ4v) is 3.65. The first-order valence-electron chi connectivity index (χ1n) is 9.01. The number of nitrogens with one attached hydrogen (secondary N) is 1. The summed E-state index contributed by atoms with van der Waals surface area (Å²) in [6.07, 6.45) is 4.20. The Morgan fingerprint density at radius 3 is 2.85 bits per heavy atom. The number of ether oxygens (including phenoxy) is 1. The third kappa shape index (κ3) is 3.18. The summed E-state index contributed by atoms with van der Waals surface area (Å²) >= 11 is 0. The van der Waals surface area contributed by atoms with Crippen molar-refractivity contribution in [2.75, 3.05) is 12.4 Å². The molecule has 1 aromatic carbocycles. The number of esters is 1. The second-order valence-electron chi connectivity index (χ2n) is 6.91. The monoisotopic (exact) mass is 363 g/mol. The molecule has 0 saturated carbocycles. The van der Waals surface area contributed by atoms with Gasteiger partial charge in [0, 0.05) is 24.2 Å². The molecular weight excluding hydrogens is 342 g/mol. The first-order chi connectivity index (χ1) is 13.1. The molecule has 1 amide bonds. The van der Waals surface area contributed by atoms with E-state index in [0.29, 0.717) is 17.7 Å². The maximum atomic E-state index is 12.9. The van der Waals surface area contributed by atoms with E-state index in [2.05, 4.69) is 15.9 Å². The second-order valence-corrected chi connectivity index (χ2v) is 6.91. The van der Waals surface area contributed by atoms with Crippen LogP contribution in [0.25, 0.3) is 5.65 Å². The van der Waals surface area contributed by atoms with Crippen LogP contribution in [0.3, 0.4) is 0 Å². The van der Waals surface area contributed by atoms with Crippen molar-refractivity contribution in [3.63, 3.8) is 0 Å². The molecule has 0 radical (unpaired) electrons. The largest absolute Gasteiger partial charge is 0.465 e. The smallest absolute Gasteiger partial charge is 0.339 e. The minimum atomic E-state index is -0.464. The van der Waals surface area contributed by atoms with E-state index in [1.807, 2.05) is 19.1 Å². The molecular formula is C21H21N3O3. The molecule has 1 aliphatic rings. The Bertz CT molecular complexity index is 1040. The van der Waals surface area contributed by atoms with E-state index in [9.17, 15) is 9.59 Å². The molecule has 1 atom stereocenters. The van der Waals surface area contributed by atoms with E-state index in [1.54, 1.807) is 24.3 Å². The number of aryl methyl sites for hydroxylation is 2. The van der Waals surface area contributed by atoms with E-state index in [1.165, 1.54) is 7.11 Å². The van der Waals surface area contributed by atoms with Crippen molar-refractivity contribution in [2.24, 2.45) is 5.92 Å². The van der Waals surface area contributed by atoms with Crippen molar-refractivity contribution in [3.05, 3.63) is 65.1 Å². The third-order valence-corrected chi connectivity index (χ3v) is 5.08.